The molecular weight excluding hydrogens is 295 g/mol. The van der Waals surface area contributed by atoms with Crippen LogP contribution in [-0.4, -0.2) is 25.7 Å². The van der Waals surface area contributed by atoms with Gasteiger partial charge in [-0.25, -0.2) is 4.39 Å². The van der Waals surface area contributed by atoms with Gasteiger partial charge in [0.05, 0.1) is 12.2 Å². The van der Waals surface area contributed by atoms with Crippen LogP contribution in [0, 0.1) is 5.82 Å². The number of amides is 1. The second-order valence-corrected chi connectivity index (χ2v) is 5.85. The topological polar surface area (TPSA) is 64.4 Å². The molecule has 1 saturated heterocycles. The highest BCUT2D eigenvalue weighted by atomic mass is 19.1. The van der Waals surface area contributed by atoms with Crippen LogP contribution in [0.15, 0.2) is 48.5 Å². The highest BCUT2D eigenvalue weighted by molar-refractivity contribution is 5.98. The number of primary amides is 1. The molecule has 0 aromatic heterocycles. The number of halogens is 1. The molecule has 2 aromatic rings. The number of nitrogens with two attached hydrogens (primary N) is 1. The summed E-state index contributed by atoms with van der Waals surface area (Å²) < 4.78 is 18.8. The number of rotatable bonds is 5. The third kappa shape index (κ3) is 3.19. The van der Waals surface area contributed by atoms with E-state index in [1.54, 1.807) is 24.3 Å². The second-order valence-electron chi connectivity index (χ2n) is 5.85. The van der Waals surface area contributed by atoms with E-state index < -0.39 is 5.91 Å². The number of carbonyl (C=O) groups is 1. The number of benzene rings is 2. The molecule has 1 unspecified atom stereocenters. The molecule has 0 radical (unpaired) electrons. The highest BCUT2D eigenvalue weighted by Gasteiger charge is 2.36. The van der Waals surface area contributed by atoms with E-state index in [0.717, 1.165) is 12.0 Å². The fourth-order valence-electron chi connectivity index (χ4n) is 3.00. The van der Waals surface area contributed by atoms with Crippen molar-refractivity contribution in [3.63, 3.8) is 0 Å². The molecule has 0 saturated carbocycles. The molecule has 1 aliphatic rings. The van der Waals surface area contributed by atoms with Gasteiger partial charge in [-0.15, -0.1) is 0 Å². The minimum Gasteiger partial charge on any atom is -0.383 e. The van der Waals surface area contributed by atoms with E-state index in [-0.39, 0.29) is 11.2 Å². The van der Waals surface area contributed by atoms with Crippen molar-refractivity contribution in [1.82, 2.24) is 0 Å². The first-order chi connectivity index (χ1) is 11.1. The van der Waals surface area contributed by atoms with Crippen LogP contribution in [-0.2, 0) is 10.2 Å². The number of para-hydroxylation sites is 1. The van der Waals surface area contributed by atoms with Crippen LogP contribution < -0.4 is 11.1 Å². The predicted molar refractivity (Wildman–Crippen MR) is 87.0 cm³/mol. The highest BCUT2D eigenvalue weighted by Crippen LogP contribution is 2.34. The van der Waals surface area contributed by atoms with Crippen molar-refractivity contribution in [1.29, 1.82) is 0 Å². The summed E-state index contributed by atoms with van der Waals surface area (Å²) in [7, 11) is 0. The first kappa shape index (κ1) is 15.5. The van der Waals surface area contributed by atoms with Gasteiger partial charge in [0.25, 0.3) is 5.91 Å². The SMILES string of the molecule is NC(=O)c1ccccc1NCC1(c2ccc(F)cc2)CCOC1. The molecule has 1 amide bonds. The monoisotopic (exact) mass is 314 g/mol. The van der Waals surface area contributed by atoms with Crippen molar-refractivity contribution in [2.75, 3.05) is 25.1 Å². The smallest absolute Gasteiger partial charge is 0.250 e. The lowest BCUT2D eigenvalue weighted by atomic mass is 9.79. The summed E-state index contributed by atoms with van der Waals surface area (Å²) >= 11 is 0. The summed E-state index contributed by atoms with van der Waals surface area (Å²) in [6.07, 6.45) is 0.838. The van der Waals surface area contributed by atoms with Crippen LogP contribution in [0.1, 0.15) is 22.3 Å². The zero-order valence-electron chi connectivity index (χ0n) is 12.7. The molecule has 23 heavy (non-hydrogen) atoms. The summed E-state index contributed by atoms with van der Waals surface area (Å²) in [4.78, 5) is 11.5. The number of carbonyl (C=O) groups excluding carboxylic acids is 1. The summed E-state index contributed by atoms with van der Waals surface area (Å²) in [6, 6.07) is 13.7. The van der Waals surface area contributed by atoms with E-state index in [9.17, 15) is 9.18 Å². The van der Waals surface area contributed by atoms with Crippen LogP contribution in [0.5, 0.6) is 0 Å². The summed E-state index contributed by atoms with van der Waals surface area (Å²) in [5.41, 5.74) is 7.37. The average Bonchev–Trinajstić information content (AvgIpc) is 3.04. The van der Waals surface area contributed by atoms with Crippen LogP contribution in [0.25, 0.3) is 0 Å². The molecule has 4 nitrogen and oxygen atoms in total. The Morgan fingerprint density at radius 3 is 2.61 bits per heavy atom. The van der Waals surface area contributed by atoms with Crippen LogP contribution >= 0.6 is 0 Å². The molecule has 1 fully saturated rings. The van der Waals surface area contributed by atoms with E-state index in [1.165, 1.54) is 12.1 Å². The number of anilines is 1. The average molecular weight is 314 g/mol. The van der Waals surface area contributed by atoms with Gasteiger partial charge in [0.2, 0.25) is 0 Å². The lowest BCUT2D eigenvalue weighted by Gasteiger charge is -2.29. The Balaban J connectivity index is 1.84. The van der Waals surface area contributed by atoms with E-state index in [1.807, 2.05) is 12.1 Å². The molecule has 1 atom stereocenters. The molecule has 3 rings (SSSR count). The van der Waals surface area contributed by atoms with E-state index in [2.05, 4.69) is 5.32 Å². The van der Waals surface area contributed by atoms with Crippen LogP contribution in [0.2, 0.25) is 0 Å². The standard InChI is InChI=1S/C18H19FN2O2/c19-14-7-5-13(6-8-14)18(9-10-23-12-18)11-21-16-4-2-1-3-15(16)17(20)22/h1-8,21H,9-12H2,(H2,20,22). The fraction of sp³-hybridized carbons (Fsp3) is 0.278. The van der Waals surface area contributed by atoms with Crippen molar-refractivity contribution in [3.05, 3.63) is 65.5 Å². The molecule has 2 aromatic carbocycles. The summed E-state index contributed by atoms with van der Waals surface area (Å²) in [5.74, 6) is -0.721. The number of nitrogens with one attached hydrogen (secondary N) is 1. The number of hydrogen-bond acceptors (Lipinski definition) is 3. The lowest BCUT2D eigenvalue weighted by molar-refractivity contribution is 0.100. The first-order valence-corrected chi connectivity index (χ1v) is 7.57. The van der Waals surface area contributed by atoms with Crippen molar-refractivity contribution >= 4 is 11.6 Å². The van der Waals surface area contributed by atoms with Gasteiger partial charge in [-0.1, -0.05) is 24.3 Å². The van der Waals surface area contributed by atoms with Gasteiger partial charge < -0.3 is 15.8 Å². The molecule has 0 aliphatic carbocycles. The van der Waals surface area contributed by atoms with Gasteiger partial charge in [-0.05, 0) is 36.2 Å². The Kier molecular flexibility index (Phi) is 4.30. The molecule has 0 spiro atoms. The second kappa shape index (κ2) is 6.38. The Morgan fingerprint density at radius 2 is 1.96 bits per heavy atom. The normalized spacial score (nSPS) is 20.4. The van der Waals surface area contributed by atoms with Crippen molar-refractivity contribution in [3.8, 4) is 0 Å². The minimum absolute atomic E-state index is 0.238. The van der Waals surface area contributed by atoms with Crippen LogP contribution in [0.3, 0.4) is 0 Å². The van der Waals surface area contributed by atoms with Gasteiger partial charge >= 0.3 is 0 Å². The maximum atomic E-state index is 13.2. The zero-order valence-corrected chi connectivity index (χ0v) is 12.7. The Morgan fingerprint density at radius 1 is 1.22 bits per heavy atom. The molecular formula is C18H19FN2O2. The maximum absolute atomic E-state index is 13.2. The Labute approximate surface area is 134 Å². The van der Waals surface area contributed by atoms with Gasteiger partial charge in [0.15, 0.2) is 0 Å². The molecule has 1 aliphatic heterocycles. The van der Waals surface area contributed by atoms with Crippen molar-refractivity contribution in [2.45, 2.75) is 11.8 Å². The number of hydrogen-bond donors (Lipinski definition) is 2. The molecule has 3 N–H and O–H groups in total. The van der Waals surface area contributed by atoms with Crippen molar-refractivity contribution in [2.24, 2.45) is 5.73 Å². The van der Waals surface area contributed by atoms with Crippen molar-refractivity contribution < 1.29 is 13.9 Å². The Bertz CT molecular complexity index is 694. The van der Waals surface area contributed by atoms with Crippen LogP contribution in [0.4, 0.5) is 10.1 Å². The third-order valence-corrected chi connectivity index (χ3v) is 4.37. The zero-order chi connectivity index (χ0) is 16.3. The third-order valence-electron chi connectivity index (χ3n) is 4.37. The molecule has 5 heteroatoms. The molecule has 1 heterocycles. The predicted octanol–water partition coefficient (Wildman–Crippen LogP) is 2.69. The first-order valence-electron chi connectivity index (χ1n) is 7.57. The molecule has 0 bridgehead atoms. The van der Waals surface area contributed by atoms with E-state index in [0.29, 0.717) is 31.0 Å². The van der Waals surface area contributed by atoms with Gasteiger partial charge in [-0.3, -0.25) is 4.79 Å². The quantitative estimate of drug-likeness (QED) is 0.892. The largest absolute Gasteiger partial charge is 0.383 e. The van der Waals surface area contributed by atoms with Gasteiger partial charge in [0, 0.05) is 24.3 Å². The van der Waals surface area contributed by atoms with Gasteiger partial charge in [0.1, 0.15) is 5.82 Å². The van der Waals surface area contributed by atoms with E-state index in [4.69, 9.17) is 10.5 Å². The molecule has 120 valence electrons. The number of ether oxygens (including phenoxy) is 1. The summed E-state index contributed by atoms with van der Waals surface area (Å²) in [6.45, 7) is 1.81. The fourth-order valence-corrected chi connectivity index (χ4v) is 3.00. The maximum Gasteiger partial charge on any atom is 0.250 e. The Hall–Kier alpha value is -2.40. The van der Waals surface area contributed by atoms with E-state index >= 15 is 0 Å². The van der Waals surface area contributed by atoms with Gasteiger partial charge in [-0.2, -0.15) is 0 Å². The minimum atomic E-state index is -0.466. The lowest BCUT2D eigenvalue weighted by Crippen LogP contribution is -2.35. The summed E-state index contributed by atoms with van der Waals surface area (Å²) in [5, 5.41) is 3.32.